The van der Waals surface area contributed by atoms with E-state index in [1.54, 1.807) is 0 Å². The SMILES string of the molecule is NCC(O)Sc1ccc2c(c1)CCCC2. The number of thioether (sulfide) groups is 1. The molecule has 3 heteroatoms. The zero-order valence-electron chi connectivity index (χ0n) is 8.78. The van der Waals surface area contributed by atoms with Gasteiger partial charge in [0.05, 0.1) is 0 Å². The van der Waals surface area contributed by atoms with Crippen LogP contribution in [0.1, 0.15) is 24.0 Å². The molecule has 3 N–H and O–H groups in total. The molecule has 2 rings (SSSR count). The normalized spacial score (nSPS) is 17.2. The molecule has 0 radical (unpaired) electrons. The molecule has 0 aliphatic heterocycles. The maximum absolute atomic E-state index is 9.45. The summed E-state index contributed by atoms with van der Waals surface area (Å²) in [5, 5.41) is 9.45. The predicted molar refractivity (Wildman–Crippen MR) is 64.0 cm³/mol. The van der Waals surface area contributed by atoms with Gasteiger partial charge in [0.25, 0.3) is 0 Å². The van der Waals surface area contributed by atoms with Crippen LogP contribution in [0.15, 0.2) is 23.1 Å². The number of rotatable bonds is 3. The van der Waals surface area contributed by atoms with E-state index in [9.17, 15) is 5.11 Å². The van der Waals surface area contributed by atoms with Gasteiger partial charge in [-0.3, -0.25) is 0 Å². The molecule has 1 atom stereocenters. The van der Waals surface area contributed by atoms with Crippen molar-refractivity contribution in [2.75, 3.05) is 6.54 Å². The van der Waals surface area contributed by atoms with Crippen LogP contribution in [0.25, 0.3) is 0 Å². The number of hydrogen-bond acceptors (Lipinski definition) is 3. The number of aryl methyl sites for hydroxylation is 2. The highest BCUT2D eigenvalue weighted by Crippen LogP contribution is 2.28. The number of fused-ring (bicyclic) bond motifs is 1. The Balaban J connectivity index is 2.13. The van der Waals surface area contributed by atoms with Crippen LogP contribution >= 0.6 is 11.8 Å². The Labute approximate surface area is 94.9 Å². The van der Waals surface area contributed by atoms with Crippen molar-refractivity contribution in [1.82, 2.24) is 0 Å². The van der Waals surface area contributed by atoms with Gasteiger partial charge in [-0.1, -0.05) is 17.8 Å². The molecular formula is C12H17NOS. The first-order valence-electron chi connectivity index (χ1n) is 5.46. The molecule has 1 aliphatic rings. The Bertz CT molecular complexity index is 340. The fraction of sp³-hybridized carbons (Fsp3) is 0.500. The Morgan fingerprint density at radius 1 is 1.27 bits per heavy atom. The number of aliphatic hydroxyl groups excluding tert-OH is 1. The molecule has 0 bridgehead atoms. The lowest BCUT2D eigenvalue weighted by Gasteiger charge is -2.17. The summed E-state index contributed by atoms with van der Waals surface area (Å²) in [6.45, 7) is 0.307. The average Bonchev–Trinajstić information content (AvgIpc) is 2.29. The fourth-order valence-electron chi connectivity index (χ4n) is 1.99. The van der Waals surface area contributed by atoms with Crippen LogP contribution in [-0.2, 0) is 12.8 Å². The van der Waals surface area contributed by atoms with Gasteiger partial charge >= 0.3 is 0 Å². The van der Waals surface area contributed by atoms with Crippen molar-refractivity contribution in [3.8, 4) is 0 Å². The van der Waals surface area contributed by atoms with E-state index < -0.39 is 5.44 Å². The van der Waals surface area contributed by atoms with Crippen molar-refractivity contribution >= 4 is 11.8 Å². The molecule has 1 aliphatic carbocycles. The monoisotopic (exact) mass is 223 g/mol. The Hall–Kier alpha value is -0.510. The standard InChI is InChI=1S/C12H17NOS/c13-8-12(14)15-11-6-5-9-3-1-2-4-10(9)7-11/h5-7,12,14H,1-4,8,13H2. The van der Waals surface area contributed by atoms with Crippen LogP contribution < -0.4 is 5.73 Å². The van der Waals surface area contributed by atoms with Crippen LogP contribution in [-0.4, -0.2) is 17.1 Å². The number of nitrogens with two attached hydrogens (primary N) is 1. The van der Waals surface area contributed by atoms with Crippen LogP contribution in [0.2, 0.25) is 0 Å². The maximum atomic E-state index is 9.45. The molecule has 0 heterocycles. The molecule has 0 aromatic heterocycles. The van der Waals surface area contributed by atoms with Crippen molar-refractivity contribution in [3.63, 3.8) is 0 Å². The number of benzene rings is 1. The Morgan fingerprint density at radius 2 is 2.00 bits per heavy atom. The van der Waals surface area contributed by atoms with Crippen molar-refractivity contribution in [2.45, 2.75) is 36.0 Å². The summed E-state index contributed by atoms with van der Waals surface area (Å²) in [6, 6.07) is 6.49. The molecule has 0 saturated carbocycles. The highest BCUT2D eigenvalue weighted by molar-refractivity contribution is 7.99. The van der Waals surface area contributed by atoms with Gasteiger partial charge in [0.1, 0.15) is 5.44 Å². The minimum Gasteiger partial charge on any atom is -0.381 e. The highest BCUT2D eigenvalue weighted by Gasteiger charge is 2.11. The molecule has 82 valence electrons. The van der Waals surface area contributed by atoms with Crippen LogP contribution in [0.4, 0.5) is 0 Å². The smallest absolute Gasteiger partial charge is 0.116 e. The van der Waals surface area contributed by atoms with E-state index in [1.165, 1.54) is 48.6 Å². The Morgan fingerprint density at radius 3 is 2.73 bits per heavy atom. The van der Waals surface area contributed by atoms with Gasteiger partial charge in [-0.15, -0.1) is 0 Å². The maximum Gasteiger partial charge on any atom is 0.116 e. The first-order valence-corrected chi connectivity index (χ1v) is 6.34. The highest BCUT2D eigenvalue weighted by atomic mass is 32.2. The second-order valence-corrected chi connectivity index (χ2v) is 5.20. The summed E-state index contributed by atoms with van der Waals surface area (Å²) in [6.07, 6.45) is 4.99. The van der Waals surface area contributed by atoms with E-state index in [-0.39, 0.29) is 0 Å². The number of aliphatic hydroxyl groups is 1. The van der Waals surface area contributed by atoms with Gasteiger partial charge in [-0.25, -0.2) is 0 Å². The number of hydrogen-bond donors (Lipinski definition) is 2. The molecule has 2 nitrogen and oxygen atoms in total. The molecule has 1 aromatic rings. The molecule has 0 fully saturated rings. The zero-order chi connectivity index (χ0) is 10.7. The minimum absolute atomic E-state index is 0.307. The van der Waals surface area contributed by atoms with Crippen molar-refractivity contribution in [3.05, 3.63) is 29.3 Å². The lowest BCUT2D eigenvalue weighted by atomic mass is 9.92. The fourth-order valence-corrected chi connectivity index (χ4v) is 2.76. The van der Waals surface area contributed by atoms with Crippen LogP contribution in [0.5, 0.6) is 0 Å². The molecule has 0 amide bonds. The molecule has 15 heavy (non-hydrogen) atoms. The Kier molecular flexibility index (Phi) is 3.67. The van der Waals surface area contributed by atoms with E-state index in [0.29, 0.717) is 6.54 Å². The zero-order valence-corrected chi connectivity index (χ0v) is 9.59. The van der Waals surface area contributed by atoms with Gasteiger partial charge in [-0.05, 0) is 48.9 Å². The van der Waals surface area contributed by atoms with Gasteiger partial charge in [0, 0.05) is 11.4 Å². The quantitative estimate of drug-likeness (QED) is 0.608. The van der Waals surface area contributed by atoms with Gasteiger partial charge in [-0.2, -0.15) is 0 Å². The predicted octanol–water partition coefficient (Wildman–Crippen LogP) is 1.93. The van der Waals surface area contributed by atoms with E-state index in [1.807, 2.05) is 0 Å². The van der Waals surface area contributed by atoms with E-state index >= 15 is 0 Å². The first-order chi connectivity index (χ1) is 7.29. The third-order valence-corrected chi connectivity index (χ3v) is 3.78. The van der Waals surface area contributed by atoms with Crippen molar-refractivity contribution in [2.24, 2.45) is 5.73 Å². The summed E-state index contributed by atoms with van der Waals surface area (Å²) < 4.78 is 0. The summed E-state index contributed by atoms with van der Waals surface area (Å²) >= 11 is 1.45. The second kappa shape index (κ2) is 5.01. The molecule has 1 unspecified atom stereocenters. The lowest BCUT2D eigenvalue weighted by molar-refractivity contribution is 0.271. The summed E-state index contributed by atoms with van der Waals surface area (Å²) in [5.41, 5.74) is 7.84. The largest absolute Gasteiger partial charge is 0.381 e. The van der Waals surface area contributed by atoms with Crippen LogP contribution in [0.3, 0.4) is 0 Å². The lowest BCUT2D eigenvalue weighted by Crippen LogP contribution is -2.15. The minimum atomic E-state index is -0.480. The van der Waals surface area contributed by atoms with E-state index in [2.05, 4.69) is 18.2 Å². The summed E-state index contributed by atoms with van der Waals surface area (Å²) in [7, 11) is 0. The first kappa shape index (κ1) is 11.0. The molecule has 1 aromatic carbocycles. The molecular weight excluding hydrogens is 206 g/mol. The van der Waals surface area contributed by atoms with E-state index in [4.69, 9.17) is 5.73 Å². The third-order valence-electron chi connectivity index (χ3n) is 2.79. The van der Waals surface area contributed by atoms with Gasteiger partial charge in [0.2, 0.25) is 0 Å². The van der Waals surface area contributed by atoms with Crippen LogP contribution in [0, 0.1) is 0 Å². The van der Waals surface area contributed by atoms with Crippen molar-refractivity contribution in [1.29, 1.82) is 0 Å². The summed E-state index contributed by atoms with van der Waals surface area (Å²) in [5.74, 6) is 0. The second-order valence-electron chi connectivity index (χ2n) is 3.95. The topological polar surface area (TPSA) is 46.2 Å². The third kappa shape index (κ3) is 2.74. The molecule has 0 saturated heterocycles. The van der Waals surface area contributed by atoms with Gasteiger partial charge in [0.15, 0.2) is 0 Å². The summed E-state index contributed by atoms with van der Waals surface area (Å²) in [4.78, 5) is 1.13. The average molecular weight is 223 g/mol. The van der Waals surface area contributed by atoms with Gasteiger partial charge < -0.3 is 10.8 Å². The van der Waals surface area contributed by atoms with E-state index in [0.717, 1.165) is 4.90 Å². The molecule has 0 spiro atoms. The van der Waals surface area contributed by atoms with Crippen molar-refractivity contribution < 1.29 is 5.11 Å².